The van der Waals surface area contributed by atoms with Gasteiger partial charge in [0, 0.05) is 23.5 Å². The minimum atomic E-state index is -2.79. The van der Waals surface area contributed by atoms with Crippen molar-refractivity contribution in [3.63, 3.8) is 0 Å². The number of aldehydes is 1. The zero-order valence-electron chi connectivity index (χ0n) is 6.37. The summed E-state index contributed by atoms with van der Waals surface area (Å²) in [6, 6.07) is 1.61. The zero-order valence-corrected chi connectivity index (χ0v) is 6.37. The van der Waals surface area contributed by atoms with E-state index in [2.05, 4.69) is 4.98 Å². The first-order valence-electron chi connectivity index (χ1n) is 3.32. The highest BCUT2D eigenvalue weighted by Crippen LogP contribution is 2.22. The van der Waals surface area contributed by atoms with Gasteiger partial charge in [-0.25, -0.2) is 8.78 Å². The first-order valence-corrected chi connectivity index (χ1v) is 3.32. The molecule has 0 saturated heterocycles. The second-order valence-corrected chi connectivity index (χ2v) is 2.22. The Morgan fingerprint density at radius 3 is 2.69 bits per heavy atom. The van der Waals surface area contributed by atoms with Gasteiger partial charge in [0.2, 0.25) is 0 Å². The number of carbonyl (C=O) groups excluding carboxylic acids is 1. The molecule has 5 heteroatoms. The third-order valence-electron chi connectivity index (χ3n) is 1.49. The maximum Gasteiger partial charge on any atom is 0.266 e. The molecule has 0 aliphatic rings. The molecule has 0 spiro atoms. The topological polar surface area (TPSA) is 53.8 Å². The monoisotopic (exact) mass is 182 g/mol. The maximum atomic E-state index is 12.2. The van der Waals surface area contributed by atoms with E-state index >= 15 is 0 Å². The Hall–Kier alpha value is -1.83. The Labute approximate surface area is 72.6 Å². The predicted octanol–water partition coefficient (Wildman–Crippen LogP) is 1.70. The lowest BCUT2D eigenvalue weighted by molar-refractivity contribution is 0.110. The number of nitrogens with zero attached hydrogens (tertiary/aromatic N) is 2. The predicted molar refractivity (Wildman–Crippen MR) is 39.3 cm³/mol. The van der Waals surface area contributed by atoms with Gasteiger partial charge < -0.3 is 0 Å². The van der Waals surface area contributed by atoms with Gasteiger partial charge in [-0.3, -0.25) is 9.78 Å². The summed E-state index contributed by atoms with van der Waals surface area (Å²) in [5.41, 5.74) is -0.922. The van der Waals surface area contributed by atoms with E-state index in [0.717, 1.165) is 12.4 Å². The number of halogens is 2. The summed E-state index contributed by atoms with van der Waals surface area (Å²) in [6.45, 7) is 0. The molecule has 0 unspecified atom stereocenters. The SMILES string of the molecule is N#Cc1cncc(C(F)F)c1C=O. The Kier molecular flexibility index (Phi) is 2.65. The van der Waals surface area contributed by atoms with Gasteiger partial charge >= 0.3 is 0 Å². The van der Waals surface area contributed by atoms with Crippen LogP contribution in [0, 0.1) is 11.3 Å². The minimum absolute atomic E-state index is 0.132. The molecule has 66 valence electrons. The standard InChI is InChI=1S/C8H4F2N2O/c9-8(10)6-3-12-2-5(1-11)7(6)4-13/h2-4,8H. The van der Waals surface area contributed by atoms with E-state index in [0.29, 0.717) is 0 Å². The van der Waals surface area contributed by atoms with Crippen molar-refractivity contribution < 1.29 is 13.6 Å². The van der Waals surface area contributed by atoms with Crippen LogP contribution in [0.4, 0.5) is 8.78 Å². The van der Waals surface area contributed by atoms with Crippen LogP contribution in [0.5, 0.6) is 0 Å². The molecule has 0 aliphatic heterocycles. The van der Waals surface area contributed by atoms with Crippen molar-refractivity contribution in [2.45, 2.75) is 6.43 Å². The molecule has 1 heterocycles. The number of rotatable bonds is 2. The summed E-state index contributed by atoms with van der Waals surface area (Å²) >= 11 is 0. The van der Waals surface area contributed by atoms with E-state index < -0.39 is 12.0 Å². The van der Waals surface area contributed by atoms with Crippen molar-refractivity contribution in [1.29, 1.82) is 5.26 Å². The van der Waals surface area contributed by atoms with Crippen LogP contribution in [0.1, 0.15) is 27.9 Å². The van der Waals surface area contributed by atoms with Gasteiger partial charge in [-0.05, 0) is 0 Å². The van der Waals surface area contributed by atoms with Gasteiger partial charge in [0.1, 0.15) is 6.07 Å². The van der Waals surface area contributed by atoms with Crippen molar-refractivity contribution in [3.05, 3.63) is 29.1 Å². The van der Waals surface area contributed by atoms with Crippen LogP contribution < -0.4 is 0 Å². The quantitative estimate of drug-likeness (QED) is 0.654. The summed E-state index contributed by atoms with van der Waals surface area (Å²) in [7, 11) is 0. The number of hydrogen-bond acceptors (Lipinski definition) is 3. The van der Waals surface area contributed by atoms with E-state index in [1.54, 1.807) is 6.07 Å². The molecular weight excluding hydrogens is 178 g/mol. The molecule has 0 radical (unpaired) electrons. The van der Waals surface area contributed by atoms with Crippen LogP contribution in [0.2, 0.25) is 0 Å². The van der Waals surface area contributed by atoms with Gasteiger partial charge in [-0.15, -0.1) is 0 Å². The lowest BCUT2D eigenvalue weighted by Gasteiger charge is -2.02. The molecule has 1 aromatic rings. The third kappa shape index (κ3) is 1.67. The van der Waals surface area contributed by atoms with Gasteiger partial charge in [-0.1, -0.05) is 0 Å². The van der Waals surface area contributed by atoms with Crippen LogP contribution in [-0.2, 0) is 0 Å². The third-order valence-corrected chi connectivity index (χ3v) is 1.49. The normalized spacial score (nSPS) is 9.69. The van der Waals surface area contributed by atoms with Crippen LogP contribution in [-0.4, -0.2) is 11.3 Å². The molecule has 0 saturated carbocycles. The maximum absolute atomic E-state index is 12.2. The first-order chi connectivity index (χ1) is 6.20. The lowest BCUT2D eigenvalue weighted by Crippen LogP contribution is -1.98. The fourth-order valence-electron chi connectivity index (χ4n) is 0.881. The fourth-order valence-corrected chi connectivity index (χ4v) is 0.881. The molecule has 0 aliphatic carbocycles. The van der Waals surface area contributed by atoms with Gasteiger partial charge in [-0.2, -0.15) is 5.26 Å². The Morgan fingerprint density at radius 1 is 1.54 bits per heavy atom. The zero-order chi connectivity index (χ0) is 9.84. The number of hydrogen-bond donors (Lipinski definition) is 0. The highest BCUT2D eigenvalue weighted by molar-refractivity contribution is 5.81. The molecule has 0 fully saturated rings. The van der Waals surface area contributed by atoms with Crippen molar-refractivity contribution in [3.8, 4) is 6.07 Å². The van der Waals surface area contributed by atoms with Crippen LogP contribution >= 0.6 is 0 Å². The van der Waals surface area contributed by atoms with Crippen molar-refractivity contribution in [1.82, 2.24) is 4.98 Å². The number of carbonyl (C=O) groups is 1. The van der Waals surface area contributed by atoms with Gasteiger partial charge in [0.15, 0.2) is 6.29 Å². The smallest absolute Gasteiger partial charge is 0.266 e. The highest BCUT2D eigenvalue weighted by atomic mass is 19.3. The van der Waals surface area contributed by atoms with E-state index in [9.17, 15) is 13.6 Å². The van der Waals surface area contributed by atoms with E-state index in [-0.39, 0.29) is 17.4 Å². The minimum Gasteiger partial charge on any atom is -0.298 e. The van der Waals surface area contributed by atoms with Crippen molar-refractivity contribution >= 4 is 6.29 Å². The molecule has 1 aromatic heterocycles. The van der Waals surface area contributed by atoms with Crippen LogP contribution in [0.3, 0.4) is 0 Å². The van der Waals surface area contributed by atoms with E-state index in [4.69, 9.17) is 5.26 Å². The largest absolute Gasteiger partial charge is 0.298 e. The summed E-state index contributed by atoms with van der Waals surface area (Å²) < 4.78 is 24.4. The van der Waals surface area contributed by atoms with Crippen molar-refractivity contribution in [2.24, 2.45) is 0 Å². The highest BCUT2D eigenvalue weighted by Gasteiger charge is 2.15. The average Bonchev–Trinajstić information content (AvgIpc) is 2.16. The number of alkyl halides is 2. The number of nitriles is 1. The fraction of sp³-hybridized carbons (Fsp3) is 0.125. The number of pyridine rings is 1. The summed E-state index contributed by atoms with van der Waals surface area (Å²) in [5.74, 6) is 0. The van der Waals surface area contributed by atoms with E-state index in [1.807, 2.05) is 0 Å². The van der Waals surface area contributed by atoms with E-state index in [1.165, 1.54) is 0 Å². The Bertz CT molecular complexity index is 371. The molecule has 0 bridgehead atoms. The second kappa shape index (κ2) is 3.72. The summed E-state index contributed by atoms with van der Waals surface area (Å²) in [4.78, 5) is 13.8. The molecular formula is C8H4F2N2O. The molecule has 0 aromatic carbocycles. The molecule has 0 atom stereocenters. The van der Waals surface area contributed by atoms with Crippen LogP contribution in [0.15, 0.2) is 12.4 Å². The second-order valence-electron chi connectivity index (χ2n) is 2.22. The summed E-state index contributed by atoms with van der Waals surface area (Å²) in [5, 5.41) is 8.46. The molecule has 0 amide bonds. The van der Waals surface area contributed by atoms with Crippen LogP contribution in [0.25, 0.3) is 0 Å². The average molecular weight is 182 g/mol. The molecule has 1 rings (SSSR count). The van der Waals surface area contributed by atoms with Crippen molar-refractivity contribution in [2.75, 3.05) is 0 Å². The molecule has 3 nitrogen and oxygen atoms in total. The lowest BCUT2D eigenvalue weighted by atomic mass is 10.1. The number of aromatic nitrogens is 1. The Balaban J connectivity index is 3.37. The Morgan fingerprint density at radius 2 is 2.23 bits per heavy atom. The van der Waals surface area contributed by atoms with Gasteiger partial charge in [0.05, 0.1) is 5.56 Å². The molecule has 0 N–H and O–H groups in total. The van der Waals surface area contributed by atoms with Gasteiger partial charge in [0.25, 0.3) is 6.43 Å². The molecule has 13 heavy (non-hydrogen) atoms. The summed E-state index contributed by atoms with van der Waals surface area (Å²) in [6.07, 6.45) is -0.590. The first kappa shape index (κ1) is 9.26.